The fourth-order valence-corrected chi connectivity index (χ4v) is 1.89. The van der Waals surface area contributed by atoms with E-state index in [1.165, 1.54) is 11.1 Å². The summed E-state index contributed by atoms with van der Waals surface area (Å²) in [5.41, 5.74) is 8.07. The Hall–Kier alpha value is -1.93. The number of aryl methyl sites for hydroxylation is 1. The van der Waals surface area contributed by atoms with Crippen LogP contribution in [0.15, 0.2) is 54.6 Å². The third-order valence-electron chi connectivity index (χ3n) is 2.90. The van der Waals surface area contributed by atoms with Gasteiger partial charge in [0.2, 0.25) is 0 Å². The number of nitrogens with two attached hydrogens (primary N) is 1. The molecule has 2 aromatic rings. The van der Waals surface area contributed by atoms with Crippen molar-refractivity contribution in [1.82, 2.24) is 0 Å². The molecule has 0 aliphatic heterocycles. The second kappa shape index (κ2) is 9.26. The summed E-state index contributed by atoms with van der Waals surface area (Å²) in [5.74, 6) is 0.892. The SMILES string of the molecule is Cc1ccc(OC(CCN)c2ccccc2)cc1.O=S(=O)(O)O. The van der Waals surface area contributed by atoms with Crippen molar-refractivity contribution in [2.75, 3.05) is 6.54 Å². The van der Waals surface area contributed by atoms with E-state index in [4.69, 9.17) is 28.0 Å². The summed E-state index contributed by atoms with van der Waals surface area (Å²) >= 11 is 0. The van der Waals surface area contributed by atoms with Crippen LogP contribution in [-0.4, -0.2) is 24.1 Å². The van der Waals surface area contributed by atoms with Gasteiger partial charge in [0.1, 0.15) is 11.9 Å². The zero-order valence-electron chi connectivity index (χ0n) is 12.8. The molecular weight excluding hydrogens is 318 g/mol. The fourth-order valence-electron chi connectivity index (χ4n) is 1.89. The predicted molar refractivity (Wildman–Crippen MR) is 88.8 cm³/mol. The average molecular weight is 339 g/mol. The summed E-state index contributed by atoms with van der Waals surface area (Å²) in [4.78, 5) is 0. The van der Waals surface area contributed by atoms with Crippen LogP contribution in [-0.2, 0) is 10.4 Å². The first kappa shape index (κ1) is 19.1. The molecule has 0 spiro atoms. The van der Waals surface area contributed by atoms with Gasteiger partial charge in [-0.1, -0.05) is 48.0 Å². The third-order valence-corrected chi connectivity index (χ3v) is 2.90. The summed E-state index contributed by atoms with van der Waals surface area (Å²) in [6, 6.07) is 18.3. The van der Waals surface area contributed by atoms with Crippen LogP contribution in [0.3, 0.4) is 0 Å². The molecule has 0 amide bonds. The third kappa shape index (κ3) is 8.94. The second-order valence-corrected chi connectivity index (χ2v) is 5.75. The molecule has 0 fully saturated rings. The van der Waals surface area contributed by atoms with E-state index in [1.807, 2.05) is 30.3 Å². The zero-order valence-corrected chi connectivity index (χ0v) is 13.6. The zero-order chi connectivity index (χ0) is 17.3. The highest BCUT2D eigenvalue weighted by Crippen LogP contribution is 2.24. The molecule has 0 aliphatic carbocycles. The standard InChI is InChI=1S/C16H19NO.H2O4S/c1-13-7-9-15(10-8-13)18-16(11-12-17)14-5-3-2-4-6-14;1-5(2,3)4/h2-10,16H,11-12,17H2,1H3;(H2,1,2,3,4). The largest absolute Gasteiger partial charge is 0.486 e. The molecule has 0 aromatic heterocycles. The van der Waals surface area contributed by atoms with Crippen molar-refractivity contribution in [2.45, 2.75) is 19.4 Å². The van der Waals surface area contributed by atoms with Crippen molar-refractivity contribution >= 4 is 10.4 Å². The first-order chi connectivity index (χ1) is 10.8. The van der Waals surface area contributed by atoms with Crippen molar-refractivity contribution in [2.24, 2.45) is 5.73 Å². The first-order valence-corrected chi connectivity index (χ1v) is 8.37. The van der Waals surface area contributed by atoms with E-state index in [1.54, 1.807) is 0 Å². The minimum absolute atomic E-state index is 0.0268. The van der Waals surface area contributed by atoms with E-state index in [-0.39, 0.29) is 6.10 Å². The van der Waals surface area contributed by atoms with Crippen LogP contribution in [0.1, 0.15) is 23.7 Å². The van der Waals surface area contributed by atoms with E-state index >= 15 is 0 Å². The smallest absolute Gasteiger partial charge is 0.394 e. The van der Waals surface area contributed by atoms with Crippen molar-refractivity contribution < 1.29 is 22.3 Å². The van der Waals surface area contributed by atoms with Gasteiger partial charge in [0.15, 0.2) is 0 Å². The molecule has 23 heavy (non-hydrogen) atoms. The molecule has 1 atom stereocenters. The minimum atomic E-state index is -4.67. The lowest BCUT2D eigenvalue weighted by Crippen LogP contribution is -2.13. The Morgan fingerprint density at radius 1 is 1.04 bits per heavy atom. The monoisotopic (exact) mass is 339 g/mol. The van der Waals surface area contributed by atoms with Gasteiger partial charge in [-0.05, 0) is 31.2 Å². The molecule has 6 nitrogen and oxygen atoms in total. The van der Waals surface area contributed by atoms with Crippen molar-refractivity contribution in [3.05, 3.63) is 65.7 Å². The van der Waals surface area contributed by atoms with Gasteiger partial charge < -0.3 is 10.5 Å². The van der Waals surface area contributed by atoms with Crippen LogP contribution in [0.25, 0.3) is 0 Å². The summed E-state index contributed by atoms with van der Waals surface area (Å²) in [6.45, 7) is 2.68. The number of rotatable bonds is 5. The summed E-state index contributed by atoms with van der Waals surface area (Å²) in [7, 11) is -4.67. The Bertz CT molecular complexity index is 663. The van der Waals surface area contributed by atoms with Gasteiger partial charge in [-0.15, -0.1) is 0 Å². The molecule has 0 radical (unpaired) electrons. The fraction of sp³-hybridized carbons (Fsp3) is 0.250. The van der Waals surface area contributed by atoms with E-state index in [0.717, 1.165) is 12.2 Å². The van der Waals surface area contributed by atoms with Gasteiger partial charge in [-0.25, -0.2) is 0 Å². The van der Waals surface area contributed by atoms with Gasteiger partial charge >= 0.3 is 10.4 Å². The molecule has 0 saturated carbocycles. The van der Waals surface area contributed by atoms with Crippen LogP contribution in [0.2, 0.25) is 0 Å². The molecular formula is C16H21NO5S. The van der Waals surface area contributed by atoms with E-state index < -0.39 is 10.4 Å². The molecule has 0 heterocycles. The van der Waals surface area contributed by atoms with Gasteiger partial charge in [0, 0.05) is 6.42 Å². The number of hydrogen-bond donors (Lipinski definition) is 3. The predicted octanol–water partition coefficient (Wildman–Crippen LogP) is 2.81. The second-order valence-electron chi connectivity index (χ2n) is 4.86. The van der Waals surface area contributed by atoms with Crippen LogP contribution in [0.4, 0.5) is 0 Å². The molecule has 0 bridgehead atoms. The number of ether oxygens (including phenoxy) is 1. The molecule has 2 aromatic carbocycles. The van der Waals surface area contributed by atoms with E-state index in [2.05, 4.69) is 31.2 Å². The van der Waals surface area contributed by atoms with Crippen LogP contribution >= 0.6 is 0 Å². The molecule has 1 unspecified atom stereocenters. The first-order valence-electron chi connectivity index (χ1n) is 6.98. The highest BCUT2D eigenvalue weighted by molar-refractivity contribution is 7.79. The number of hydrogen-bond acceptors (Lipinski definition) is 4. The Morgan fingerprint density at radius 3 is 2.04 bits per heavy atom. The molecule has 0 saturated heterocycles. The lowest BCUT2D eigenvalue weighted by Gasteiger charge is -2.19. The van der Waals surface area contributed by atoms with Crippen LogP contribution in [0.5, 0.6) is 5.75 Å². The van der Waals surface area contributed by atoms with E-state index in [9.17, 15) is 0 Å². The average Bonchev–Trinajstić information content (AvgIpc) is 2.48. The quantitative estimate of drug-likeness (QED) is 0.723. The van der Waals surface area contributed by atoms with Crippen molar-refractivity contribution in [3.63, 3.8) is 0 Å². The topological polar surface area (TPSA) is 110 Å². The Kier molecular flexibility index (Phi) is 7.70. The maximum Gasteiger partial charge on any atom is 0.394 e. The van der Waals surface area contributed by atoms with Crippen LogP contribution in [0, 0.1) is 6.92 Å². The number of benzene rings is 2. The maximum absolute atomic E-state index is 8.74. The lowest BCUT2D eigenvalue weighted by molar-refractivity contribution is 0.198. The van der Waals surface area contributed by atoms with Crippen LogP contribution < -0.4 is 10.5 Å². The highest BCUT2D eigenvalue weighted by Gasteiger charge is 2.11. The molecule has 126 valence electrons. The minimum Gasteiger partial charge on any atom is -0.486 e. The molecule has 7 heteroatoms. The van der Waals surface area contributed by atoms with Crippen molar-refractivity contribution in [3.8, 4) is 5.75 Å². The Morgan fingerprint density at radius 2 is 1.57 bits per heavy atom. The van der Waals surface area contributed by atoms with Gasteiger partial charge in [0.25, 0.3) is 0 Å². The molecule has 0 aliphatic rings. The summed E-state index contributed by atoms with van der Waals surface area (Å²) in [6.07, 6.45) is 0.844. The molecule has 4 N–H and O–H groups in total. The Labute approximate surface area is 136 Å². The maximum atomic E-state index is 8.74. The Balaban J connectivity index is 0.000000463. The van der Waals surface area contributed by atoms with Crippen molar-refractivity contribution in [1.29, 1.82) is 0 Å². The molecule has 2 rings (SSSR count). The van der Waals surface area contributed by atoms with Gasteiger partial charge in [-0.2, -0.15) is 8.42 Å². The van der Waals surface area contributed by atoms with E-state index in [0.29, 0.717) is 6.54 Å². The lowest BCUT2D eigenvalue weighted by atomic mass is 10.1. The normalized spacial score (nSPS) is 12.0. The van der Waals surface area contributed by atoms with Gasteiger partial charge in [-0.3, -0.25) is 9.11 Å². The summed E-state index contributed by atoms with van der Waals surface area (Å²) in [5, 5.41) is 0. The van der Waals surface area contributed by atoms with Gasteiger partial charge in [0.05, 0.1) is 0 Å². The summed E-state index contributed by atoms with van der Waals surface area (Å²) < 4.78 is 37.6. The highest BCUT2D eigenvalue weighted by atomic mass is 32.3.